The van der Waals surface area contributed by atoms with Gasteiger partial charge in [0.1, 0.15) is 6.61 Å². The van der Waals surface area contributed by atoms with Crippen molar-refractivity contribution in [3.63, 3.8) is 0 Å². The monoisotopic (exact) mass is 206 g/mol. The van der Waals surface area contributed by atoms with Crippen molar-refractivity contribution in [1.82, 2.24) is 10.5 Å². The Hall–Kier alpha value is -1.50. The molecule has 0 spiro atoms. The zero-order chi connectivity index (χ0) is 10.6. The van der Waals surface area contributed by atoms with Gasteiger partial charge >= 0.3 is 0 Å². The summed E-state index contributed by atoms with van der Waals surface area (Å²) in [6.07, 6.45) is -2.61. The molecule has 0 bridgehead atoms. The number of nitrogens with zero attached hydrogens (tertiary/aromatic N) is 1. The largest absolute Gasteiger partial charge is 0.388 e. The molecule has 1 amide bonds. The summed E-state index contributed by atoms with van der Waals surface area (Å²) < 4.78 is 27.9. The first kappa shape index (κ1) is 10.6. The number of aromatic nitrogens is 1. The van der Waals surface area contributed by atoms with Crippen LogP contribution in [0.5, 0.6) is 0 Å². The van der Waals surface area contributed by atoms with Crippen LogP contribution in [0.15, 0.2) is 10.6 Å². The Labute approximate surface area is 77.7 Å². The number of hydrogen-bond acceptors (Lipinski definition) is 4. The fourth-order valence-electron chi connectivity index (χ4n) is 0.755. The normalized spacial score (nSPS) is 10.6. The zero-order valence-electron chi connectivity index (χ0n) is 7.04. The van der Waals surface area contributed by atoms with E-state index in [1.807, 2.05) is 5.32 Å². The van der Waals surface area contributed by atoms with Crippen LogP contribution in [0.1, 0.15) is 16.2 Å². The number of carbonyl (C=O) groups excluding carboxylic acids is 1. The van der Waals surface area contributed by atoms with Crippen molar-refractivity contribution >= 4 is 5.91 Å². The van der Waals surface area contributed by atoms with E-state index in [1.54, 1.807) is 0 Å². The number of nitrogens with one attached hydrogen (secondary N) is 1. The molecular formula is C7H8F2N2O3. The first-order valence-corrected chi connectivity index (χ1v) is 3.76. The lowest BCUT2D eigenvalue weighted by Gasteiger charge is -1.99. The second-order valence-electron chi connectivity index (χ2n) is 2.44. The third-order valence-electron chi connectivity index (χ3n) is 1.36. The van der Waals surface area contributed by atoms with Crippen molar-refractivity contribution < 1.29 is 23.2 Å². The van der Waals surface area contributed by atoms with Crippen LogP contribution in [0, 0.1) is 0 Å². The van der Waals surface area contributed by atoms with Gasteiger partial charge in [-0.05, 0) is 0 Å². The minimum absolute atomic E-state index is 0.104. The van der Waals surface area contributed by atoms with Crippen molar-refractivity contribution in [1.29, 1.82) is 0 Å². The maximum absolute atomic E-state index is 11.7. The molecule has 1 heterocycles. The van der Waals surface area contributed by atoms with E-state index in [0.29, 0.717) is 0 Å². The fraction of sp³-hybridized carbons (Fsp3) is 0.429. The minimum Gasteiger partial charge on any atom is -0.388 e. The van der Waals surface area contributed by atoms with Crippen molar-refractivity contribution in [2.45, 2.75) is 13.0 Å². The first-order chi connectivity index (χ1) is 6.63. The van der Waals surface area contributed by atoms with Crippen LogP contribution in [0.2, 0.25) is 0 Å². The Kier molecular flexibility index (Phi) is 3.52. The molecule has 0 saturated carbocycles. The third-order valence-corrected chi connectivity index (χ3v) is 1.36. The molecule has 7 heteroatoms. The van der Waals surface area contributed by atoms with E-state index in [0.717, 1.165) is 0 Å². The summed E-state index contributed by atoms with van der Waals surface area (Å²) in [5.41, 5.74) is -0.130. The minimum atomic E-state index is -2.61. The summed E-state index contributed by atoms with van der Waals surface area (Å²) in [6.45, 7) is -1.13. The maximum atomic E-state index is 11.7. The van der Waals surface area contributed by atoms with Gasteiger partial charge in [0.05, 0.1) is 6.54 Å². The summed E-state index contributed by atoms with van der Waals surface area (Å²) in [4.78, 5) is 11.0. The topological polar surface area (TPSA) is 75.4 Å². The average molecular weight is 206 g/mol. The first-order valence-electron chi connectivity index (χ1n) is 3.76. The van der Waals surface area contributed by atoms with Crippen LogP contribution in [0.3, 0.4) is 0 Å². The molecule has 0 saturated heterocycles. The molecule has 0 aromatic carbocycles. The quantitative estimate of drug-likeness (QED) is 0.735. The second kappa shape index (κ2) is 4.66. The molecule has 2 N–H and O–H groups in total. The summed E-state index contributed by atoms with van der Waals surface area (Å²) in [5, 5.41) is 13.8. The standard InChI is InChI=1S/C7H8F2N2O3/c8-6(9)2-10-7(13)5-1-4(3-12)14-11-5/h1,6,12H,2-3H2,(H,10,13). The Bertz CT molecular complexity index is 314. The summed E-state index contributed by atoms with van der Waals surface area (Å²) in [6, 6.07) is 1.18. The van der Waals surface area contributed by atoms with E-state index in [1.165, 1.54) is 6.07 Å². The third kappa shape index (κ3) is 2.77. The smallest absolute Gasteiger partial charge is 0.273 e. The van der Waals surface area contributed by atoms with Crippen molar-refractivity contribution in [2.75, 3.05) is 6.54 Å². The van der Waals surface area contributed by atoms with Gasteiger partial charge in [-0.3, -0.25) is 4.79 Å². The molecule has 1 aromatic rings. The Morgan fingerprint density at radius 3 is 2.93 bits per heavy atom. The molecule has 0 unspecified atom stereocenters. The fourth-order valence-corrected chi connectivity index (χ4v) is 0.755. The van der Waals surface area contributed by atoms with Crippen LogP contribution in [0.25, 0.3) is 0 Å². The number of aliphatic hydroxyl groups is 1. The molecule has 0 aliphatic rings. The van der Waals surface area contributed by atoms with Gasteiger partial charge in [-0.25, -0.2) is 8.78 Å². The highest BCUT2D eigenvalue weighted by Crippen LogP contribution is 2.03. The van der Waals surface area contributed by atoms with Gasteiger partial charge in [0, 0.05) is 6.07 Å². The highest BCUT2D eigenvalue weighted by Gasteiger charge is 2.13. The van der Waals surface area contributed by atoms with Crippen LogP contribution < -0.4 is 5.32 Å². The van der Waals surface area contributed by atoms with Gasteiger partial charge in [-0.15, -0.1) is 0 Å². The summed E-state index contributed by atoms with van der Waals surface area (Å²) >= 11 is 0. The van der Waals surface area contributed by atoms with Gasteiger partial charge in [0.2, 0.25) is 0 Å². The molecule has 0 aliphatic carbocycles. The number of aliphatic hydroxyl groups excluding tert-OH is 1. The van der Waals surface area contributed by atoms with E-state index in [2.05, 4.69) is 9.68 Å². The molecule has 1 aromatic heterocycles. The van der Waals surface area contributed by atoms with Gasteiger partial charge in [-0.2, -0.15) is 0 Å². The highest BCUT2D eigenvalue weighted by molar-refractivity contribution is 5.92. The van der Waals surface area contributed by atoms with E-state index >= 15 is 0 Å². The van der Waals surface area contributed by atoms with Gasteiger partial charge in [-0.1, -0.05) is 5.16 Å². The molecule has 5 nitrogen and oxygen atoms in total. The lowest BCUT2D eigenvalue weighted by Crippen LogP contribution is -2.28. The molecule has 0 radical (unpaired) electrons. The number of alkyl halides is 2. The highest BCUT2D eigenvalue weighted by atomic mass is 19.3. The van der Waals surface area contributed by atoms with Crippen LogP contribution in [0.4, 0.5) is 8.78 Å². The SMILES string of the molecule is O=C(NCC(F)F)c1cc(CO)on1. The van der Waals surface area contributed by atoms with Crippen molar-refractivity contribution in [3.8, 4) is 0 Å². The molecule has 0 atom stereocenters. The maximum Gasteiger partial charge on any atom is 0.273 e. The second-order valence-corrected chi connectivity index (χ2v) is 2.44. The number of hydrogen-bond donors (Lipinski definition) is 2. The van der Waals surface area contributed by atoms with Crippen LogP contribution >= 0.6 is 0 Å². The van der Waals surface area contributed by atoms with Gasteiger partial charge in [0.25, 0.3) is 12.3 Å². The summed E-state index contributed by atoms with van der Waals surface area (Å²) in [5.74, 6) is -0.652. The van der Waals surface area contributed by atoms with Crippen molar-refractivity contribution in [2.24, 2.45) is 0 Å². The zero-order valence-corrected chi connectivity index (χ0v) is 7.04. The lowest BCUT2D eigenvalue weighted by molar-refractivity contribution is 0.0882. The van der Waals surface area contributed by atoms with E-state index in [4.69, 9.17) is 5.11 Å². The van der Waals surface area contributed by atoms with Gasteiger partial charge in [0.15, 0.2) is 11.5 Å². The summed E-state index contributed by atoms with van der Waals surface area (Å²) in [7, 11) is 0. The van der Waals surface area contributed by atoms with E-state index < -0.39 is 25.5 Å². The molecular weight excluding hydrogens is 198 g/mol. The van der Waals surface area contributed by atoms with Crippen LogP contribution in [-0.2, 0) is 6.61 Å². The molecule has 14 heavy (non-hydrogen) atoms. The number of rotatable bonds is 4. The Morgan fingerprint density at radius 2 is 2.43 bits per heavy atom. The Morgan fingerprint density at radius 1 is 1.71 bits per heavy atom. The van der Waals surface area contributed by atoms with Crippen LogP contribution in [-0.4, -0.2) is 29.1 Å². The lowest BCUT2D eigenvalue weighted by atomic mass is 10.3. The van der Waals surface area contributed by atoms with E-state index in [9.17, 15) is 13.6 Å². The molecule has 1 rings (SSSR count). The number of carbonyl (C=O) groups is 1. The number of amides is 1. The predicted molar refractivity (Wildman–Crippen MR) is 40.8 cm³/mol. The predicted octanol–water partition coefficient (Wildman–Crippen LogP) is 0.162. The van der Waals surface area contributed by atoms with Gasteiger partial charge < -0.3 is 14.9 Å². The number of halogens is 2. The van der Waals surface area contributed by atoms with E-state index in [-0.39, 0.29) is 11.5 Å². The molecule has 78 valence electrons. The molecule has 0 aliphatic heterocycles. The Balaban J connectivity index is 2.52. The molecule has 0 fully saturated rings. The average Bonchev–Trinajstić information content (AvgIpc) is 2.62. The van der Waals surface area contributed by atoms with Crippen molar-refractivity contribution in [3.05, 3.63) is 17.5 Å².